The van der Waals surface area contributed by atoms with Crippen molar-refractivity contribution in [3.63, 3.8) is 0 Å². The molecule has 2 bridgehead atoms. The zero-order valence-electron chi connectivity index (χ0n) is 13.1. The summed E-state index contributed by atoms with van der Waals surface area (Å²) in [7, 11) is 4.16. The maximum atomic E-state index is 4.60. The highest BCUT2D eigenvalue weighted by Gasteiger charge is 2.37. The summed E-state index contributed by atoms with van der Waals surface area (Å²) in [6, 6.07) is 2.26. The standard InChI is InChI=1S/C16H28N4/c1-4-16-12(10-19(3)18-16)11-20-14-6-5-7-15(20)9-13(8-14)17-2/h10,13-15,17H,4-9,11H2,1-3H3. The summed E-state index contributed by atoms with van der Waals surface area (Å²) in [6.45, 7) is 3.31. The van der Waals surface area contributed by atoms with E-state index in [9.17, 15) is 0 Å². The Labute approximate surface area is 122 Å². The molecule has 1 N–H and O–H groups in total. The second-order valence-electron chi connectivity index (χ2n) is 6.50. The Balaban J connectivity index is 1.76. The fraction of sp³-hybridized carbons (Fsp3) is 0.812. The van der Waals surface area contributed by atoms with Gasteiger partial charge in [-0.15, -0.1) is 0 Å². The zero-order chi connectivity index (χ0) is 14.1. The van der Waals surface area contributed by atoms with Crippen LogP contribution in [0, 0.1) is 0 Å². The van der Waals surface area contributed by atoms with Crippen LogP contribution in [0.2, 0.25) is 0 Å². The van der Waals surface area contributed by atoms with Gasteiger partial charge < -0.3 is 5.32 Å². The lowest BCUT2D eigenvalue weighted by Gasteiger charge is -2.49. The van der Waals surface area contributed by atoms with Crippen LogP contribution in [0.3, 0.4) is 0 Å². The predicted octanol–water partition coefficient (Wildman–Crippen LogP) is 2.09. The molecule has 0 radical (unpaired) electrons. The number of nitrogens with one attached hydrogen (secondary N) is 1. The largest absolute Gasteiger partial charge is 0.317 e. The molecule has 0 spiro atoms. The third-order valence-corrected chi connectivity index (χ3v) is 5.21. The Morgan fingerprint density at radius 3 is 2.60 bits per heavy atom. The maximum absolute atomic E-state index is 4.60. The van der Waals surface area contributed by atoms with Gasteiger partial charge in [-0.3, -0.25) is 9.58 Å². The first-order valence-corrected chi connectivity index (χ1v) is 8.15. The van der Waals surface area contributed by atoms with Crippen molar-refractivity contribution < 1.29 is 0 Å². The quantitative estimate of drug-likeness (QED) is 0.914. The monoisotopic (exact) mass is 276 g/mol. The van der Waals surface area contributed by atoms with E-state index in [1.54, 1.807) is 0 Å². The summed E-state index contributed by atoms with van der Waals surface area (Å²) >= 11 is 0. The van der Waals surface area contributed by atoms with Crippen LogP contribution in [0.4, 0.5) is 0 Å². The minimum Gasteiger partial charge on any atom is -0.317 e. The minimum absolute atomic E-state index is 0.723. The number of nitrogens with zero attached hydrogens (tertiary/aromatic N) is 3. The number of fused-ring (bicyclic) bond motifs is 2. The smallest absolute Gasteiger partial charge is 0.0666 e. The van der Waals surface area contributed by atoms with E-state index in [0.717, 1.165) is 31.1 Å². The Morgan fingerprint density at radius 1 is 1.30 bits per heavy atom. The SMILES string of the molecule is CCc1nn(C)cc1CN1C2CCCC1CC(NC)C2. The average Bonchev–Trinajstić information content (AvgIpc) is 2.78. The Hall–Kier alpha value is -0.870. The fourth-order valence-electron chi connectivity index (χ4n) is 4.18. The summed E-state index contributed by atoms with van der Waals surface area (Å²) in [4.78, 5) is 2.77. The molecule has 112 valence electrons. The zero-order valence-corrected chi connectivity index (χ0v) is 13.1. The maximum Gasteiger partial charge on any atom is 0.0666 e. The van der Waals surface area contributed by atoms with E-state index in [2.05, 4.69) is 35.5 Å². The second-order valence-corrected chi connectivity index (χ2v) is 6.50. The Bertz CT molecular complexity index is 439. The van der Waals surface area contributed by atoms with E-state index in [4.69, 9.17) is 0 Å². The van der Waals surface area contributed by atoms with Crippen LogP contribution >= 0.6 is 0 Å². The molecule has 4 nitrogen and oxygen atoms in total. The highest BCUT2D eigenvalue weighted by Crippen LogP contribution is 2.35. The number of hydrogen-bond acceptors (Lipinski definition) is 3. The lowest BCUT2D eigenvalue weighted by molar-refractivity contribution is 0.0188. The van der Waals surface area contributed by atoms with Crippen molar-refractivity contribution in [3.8, 4) is 0 Å². The van der Waals surface area contributed by atoms with Crippen LogP contribution in [0.1, 0.15) is 50.3 Å². The van der Waals surface area contributed by atoms with Gasteiger partial charge in [0.15, 0.2) is 0 Å². The summed E-state index contributed by atoms with van der Waals surface area (Å²) in [5.74, 6) is 0. The predicted molar refractivity (Wildman–Crippen MR) is 81.6 cm³/mol. The van der Waals surface area contributed by atoms with Gasteiger partial charge in [-0.2, -0.15) is 5.10 Å². The Morgan fingerprint density at radius 2 is 2.00 bits per heavy atom. The van der Waals surface area contributed by atoms with Gasteiger partial charge in [0.25, 0.3) is 0 Å². The van der Waals surface area contributed by atoms with Crippen molar-refractivity contribution in [1.29, 1.82) is 0 Å². The lowest BCUT2D eigenvalue weighted by atomic mass is 9.81. The fourth-order valence-corrected chi connectivity index (χ4v) is 4.18. The molecule has 4 heteroatoms. The van der Waals surface area contributed by atoms with E-state index in [0.29, 0.717) is 0 Å². The highest BCUT2D eigenvalue weighted by molar-refractivity contribution is 5.17. The molecule has 0 amide bonds. The molecule has 0 aromatic carbocycles. The van der Waals surface area contributed by atoms with E-state index in [-0.39, 0.29) is 0 Å². The number of aryl methyl sites for hydroxylation is 2. The third kappa shape index (κ3) is 2.63. The molecule has 3 rings (SSSR count). The van der Waals surface area contributed by atoms with Crippen molar-refractivity contribution in [2.24, 2.45) is 7.05 Å². The summed E-state index contributed by atoms with van der Waals surface area (Å²) in [5, 5.41) is 8.10. The first-order chi connectivity index (χ1) is 9.71. The van der Waals surface area contributed by atoms with Gasteiger partial charge in [-0.25, -0.2) is 0 Å². The van der Waals surface area contributed by atoms with Gasteiger partial charge in [0.1, 0.15) is 0 Å². The summed E-state index contributed by atoms with van der Waals surface area (Å²) in [5.41, 5.74) is 2.72. The molecule has 3 heterocycles. The van der Waals surface area contributed by atoms with Crippen LogP contribution in [-0.4, -0.2) is 39.9 Å². The topological polar surface area (TPSA) is 33.1 Å². The van der Waals surface area contributed by atoms with Gasteiger partial charge in [0.05, 0.1) is 5.69 Å². The molecule has 2 fully saturated rings. The lowest BCUT2D eigenvalue weighted by Crippen LogP contribution is -2.55. The van der Waals surface area contributed by atoms with Crippen molar-refractivity contribution in [1.82, 2.24) is 20.0 Å². The van der Waals surface area contributed by atoms with Gasteiger partial charge in [0, 0.05) is 43.5 Å². The van der Waals surface area contributed by atoms with E-state index >= 15 is 0 Å². The summed E-state index contributed by atoms with van der Waals surface area (Å²) in [6.07, 6.45) is 10.0. The molecule has 2 atom stereocenters. The molecule has 0 aliphatic carbocycles. The number of piperidine rings is 2. The molecule has 2 aliphatic rings. The molecule has 20 heavy (non-hydrogen) atoms. The van der Waals surface area contributed by atoms with Crippen molar-refractivity contribution in [3.05, 3.63) is 17.5 Å². The van der Waals surface area contributed by atoms with Crippen LogP contribution in [0.5, 0.6) is 0 Å². The molecule has 1 aromatic heterocycles. The van der Waals surface area contributed by atoms with E-state index in [1.807, 2.05) is 11.7 Å². The third-order valence-electron chi connectivity index (χ3n) is 5.21. The van der Waals surface area contributed by atoms with Gasteiger partial charge in [-0.1, -0.05) is 13.3 Å². The molecule has 2 aliphatic heterocycles. The molecular formula is C16H28N4. The average molecular weight is 276 g/mol. The van der Waals surface area contributed by atoms with Crippen molar-refractivity contribution >= 4 is 0 Å². The highest BCUT2D eigenvalue weighted by atomic mass is 15.3. The van der Waals surface area contributed by atoms with E-state index < -0.39 is 0 Å². The molecule has 0 saturated carbocycles. The van der Waals surface area contributed by atoms with Crippen LogP contribution in [0.25, 0.3) is 0 Å². The van der Waals surface area contributed by atoms with Crippen molar-refractivity contribution in [2.45, 2.75) is 70.1 Å². The minimum atomic E-state index is 0.723. The molecular weight excluding hydrogens is 248 g/mol. The van der Waals surface area contributed by atoms with Crippen LogP contribution < -0.4 is 5.32 Å². The number of rotatable bonds is 4. The number of hydrogen-bond donors (Lipinski definition) is 1. The second kappa shape index (κ2) is 5.86. The Kier molecular flexibility index (Phi) is 4.13. The molecule has 2 saturated heterocycles. The van der Waals surface area contributed by atoms with E-state index in [1.165, 1.54) is 43.4 Å². The van der Waals surface area contributed by atoms with Crippen LogP contribution in [-0.2, 0) is 20.0 Å². The van der Waals surface area contributed by atoms with Crippen LogP contribution in [0.15, 0.2) is 6.20 Å². The molecule has 1 aromatic rings. The first kappa shape index (κ1) is 14.1. The van der Waals surface area contributed by atoms with Gasteiger partial charge >= 0.3 is 0 Å². The van der Waals surface area contributed by atoms with Crippen molar-refractivity contribution in [2.75, 3.05) is 7.05 Å². The van der Waals surface area contributed by atoms with Gasteiger partial charge in [-0.05, 0) is 39.2 Å². The summed E-state index contributed by atoms with van der Waals surface area (Å²) < 4.78 is 1.98. The molecule has 2 unspecified atom stereocenters. The first-order valence-electron chi connectivity index (χ1n) is 8.15. The number of aromatic nitrogens is 2. The van der Waals surface area contributed by atoms with Gasteiger partial charge in [0.2, 0.25) is 0 Å². The normalized spacial score (nSPS) is 30.6.